The maximum absolute atomic E-state index is 13.3. The molecule has 176 valence electrons. The monoisotopic (exact) mass is 493 g/mol. The van der Waals surface area contributed by atoms with Gasteiger partial charge in [-0.1, -0.05) is 54.1 Å². The lowest BCUT2D eigenvalue weighted by molar-refractivity contribution is -0.137. The predicted molar refractivity (Wildman–Crippen MR) is 130 cm³/mol. The zero-order chi connectivity index (χ0) is 24.6. The molecule has 0 N–H and O–H groups in total. The molecule has 0 fully saturated rings. The Bertz CT molecular complexity index is 1460. The zero-order valence-corrected chi connectivity index (χ0v) is 19.2. The number of pyridine rings is 1. The van der Waals surface area contributed by atoms with Gasteiger partial charge in [0.05, 0.1) is 22.3 Å². The highest BCUT2D eigenvalue weighted by Crippen LogP contribution is 2.38. The zero-order valence-electron chi connectivity index (χ0n) is 18.4. The standard InChI is InChI=1S/C28H19ClF3NO2/c29-21-11-8-17(9-12-21)14-19-10-13-23-25(22-6-1-2-7-24(22)33-26(19)23)27(34)35-16-18-4-3-5-20(15-18)28(30,31)32/h1-9,11-12,14-15H,10,13,16H2/b19-14-. The number of carbonyl (C=O) groups is 1. The molecule has 0 radical (unpaired) electrons. The lowest BCUT2D eigenvalue weighted by atomic mass is 10.0. The summed E-state index contributed by atoms with van der Waals surface area (Å²) in [5.41, 5.74) is 4.06. The quantitative estimate of drug-likeness (QED) is 0.273. The molecule has 0 amide bonds. The van der Waals surface area contributed by atoms with Crippen molar-refractivity contribution < 1.29 is 22.7 Å². The number of aromatic nitrogens is 1. The number of ether oxygens (including phenoxy) is 1. The molecule has 0 bridgehead atoms. The average Bonchev–Trinajstić information content (AvgIpc) is 3.24. The van der Waals surface area contributed by atoms with E-state index in [9.17, 15) is 18.0 Å². The average molecular weight is 494 g/mol. The van der Waals surface area contributed by atoms with E-state index < -0.39 is 17.7 Å². The highest BCUT2D eigenvalue weighted by molar-refractivity contribution is 6.30. The number of para-hydroxylation sites is 1. The Morgan fingerprint density at radius 2 is 1.77 bits per heavy atom. The minimum Gasteiger partial charge on any atom is -0.457 e. The van der Waals surface area contributed by atoms with E-state index in [2.05, 4.69) is 0 Å². The van der Waals surface area contributed by atoms with Crippen LogP contribution in [0.3, 0.4) is 0 Å². The van der Waals surface area contributed by atoms with E-state index in [1.165, 1.54) is 12.1 Å². The molecule has 0 atom stereocenters. The third kappa shape index (κ3) is 4.80. The van der Waals surface area contributed by atoms with Crippen LogP contribution < -0.4 is 0 Å². The Hall–Kier alpha value is -3.64. The van der Waals surface area contributed by atoms with Crippen LogP contribution in [-0.4, -0.2) is 11.0 Å². The van der Waals surface area contributed by atoms with Crippen LogP contribution in [0.2, 0.25) is 5.02 Å². The summed E-state index contributed by atoms with van der Waals surface area (Å²) in [4.78, 5) is 18.1. The number of hydrogen-bond donors (Lipinski definition) is 0. The molecule has 1 aliphatic rings. The van der Waals surface area contributed by atoms with Crippen molar-refractivity contribution in [3.8, 4) is 0 Å². The van der Waals surface area contributed by atoms with Crippen molar-refractivity contribution in [1.82, 2.24) is 4.98 Å². The van der Waals surface area contributed by atoms with Crippen molar-refractivity contribution in [3.05, 3.63) is 111 Å². The van der Waals surface area contributed by atoms with Gasteiger partial charge in [0.25, 0.3) is 0 Å². The summed E-state index contributed by atoms with van der Waals surface area (Å²) in [6.45, 7) is -0.262. The summed E-state index contributed by atoms with van der Waals surface area (Å²) >= 11 is 6.00. The molecule has 0 aliphatic heterocycles. The predicted octanol–water partition coefficient (Wildman–Crippen LogP) is 7.75. The largest absolute Gasteiger partial charge is 0.457 e. The van der Waals surface area contributed by atoms with Crippen molar-refractivity contribution in [2.75, 3.05) is 0 Å². The molecular formula is C28H19ClF3NO2. The van der Waals surface area contributed by atoms with Gasteiger partial charge in [-0.2, -0.15) is 13.2 Å². The van der Waals surface area contributed by atoms with Crippen LogP contribution in [0.4, 0.5) is 13.2 Å². The normalized spacial score (nSPS) is 14.3. The van der Waals surface area contributed by atoms with Gasteiger partial charge in [-0.25, -0.2) is 9.78 Å². The summed E-state index contributed by atoms with van der Waals surface area (Å²) in [5, 5.41) is 1.31. The lowest BCUT2D eigenvalue weighted by Gasteiger charge is -2.13. The van der Waals surface area contributed by atoms with Gasteiger partial charge in [0.15, 0.2) is 0 Å². The molecule has 3 aromatic carbocycles. The SMILES string of the molecule is O=C(OCc1cccc(C(F)(F)F)c1)c1c2c(nc3ccccc13)/C(=C\c1ccc(Cl)cc1)CC2. The molecule has 3 nitrogen and oxygen atoms in total. The van der Waals surface area contributed by atoms with Crippen LogP contribution in [-0.2, 0) is 23.9 Å². The highest BCUT2D eigenvalue weighted by atomic mass is 35.5. The Kier molecular flexibility index (Phi) is 6.07. The van der Waals surface area contributed by atoms with Gasteiger partial charge in [0, 0.05) is 10.4 Å². The molecule has 1 heterocycles. The smallest absolute Gasteiger partial charge is 0.416 e. The van der Waals surface area contributed by atoms with Crippen LogP contribution in [0.25, 0.3) is 22.6 Å². The van der Waals surface area contributed by atoms with Gasteiger partial charge in [-0.3, -0.25) is 0 Å². The van der Waals surface area contributed by atoms with E-state index in [4.69, 9.17) is 21.3 Å². The fourth-order valence-corrected chi connectivity index (χ4v) is 4.46. The number of fused-ring (bicyclic) bond motifs is 2. The van der Waals surface area contributed by atoms with E-state index in [-0.39, 0.29) is 12.2 Å². The second kappa shape index (κ2) is 9.19. The van der Waals surface area contributed by atoms with Gasteiger partial charge in [-0.15, -0.1) is 0 Å². The fraction of sp³-hybridized carbons (Fsp3) is 0.143. The number of nitrogens with zero attached hydrogens (tertiary/aromatic N) is 1. The van der Waals surface area contributed by atoms with Crippen molar-refractivity contribution >= 4 is 40.1 Å². The van der Waals surface area contributed by atoms with Crippen LogP contribution in [0.1, 0.15) is 44.7 Å². The molecule has 1 aliphatic carbocycles. The third-order valence-electron chi connectivity index (χ3n) is 5.98. The second-order valence-corrected chi connectivity index (χ2v) is 8.76. The summed E-state index contributed by atoms with van der Waals surface area (Å²) in [7, 11) is 0. The molecule has 0 unspecified atom stereocenters. The summed E-state index contributed by atoms with van der Waals surface area (Å²) in [6.07, 6.45) is -1.12. The summed E-state index contributed by atoms with van der Waals surface area (Å²) in [6, 6.07) is 19.6. The molecule has 0 spiro atoms. The van der Waals surface area contributed by atoms with Gasteiger partial charge in [0.2, 0.25) is 0 Å². The van der Waals surface area contributed by atoms with Crippen LogP contribution in [0, 0.1) is 0 Å². The van der Waals surface area contributed by atoms with E-state index in [0.29, 0.717) is 34.3 Å². The number of carbonyl (C=O) groups excluding carboxylic acids is 1. The first kappa shape index (κ1) is 23.1. The Labute approximate surface area is 204 Å². The third-order valence-corrected chi connectivity index (χ3v) is 6.23. The van der Waals surface area contributed by atoms with Crippen molar-refractivity contribution in [2.24, 2.45) is 0 Å². The van der Waals surface area contributed by atoms with Gasteiger partial charge < -0.3 is 4.74 Å². The minimum atomic E-state index is -4.46. The molecular weight excluding hydrogens is 475 g/mol. The number of halogens is 4. The number of alkyl halides is 3. The molecule has 0 saturated carbocycles. The topological polar surface area (TPSA) is 39.2 Å². The Balaban J connectivity index is 1.50. The second-order valence-electron chi connectivity index (χ2n) is 8.33. The number of benzene rings is 3. The first-order chi connectivity index (χ1) is 16.8. The lowest BCUT2D eigenvalue weighted by Crippen LogP contribution is -2.11. The molecule has 35 heavy (non-hydrogen) atoms. The van der Waals surface area contributed by atoms with Gasteiger partial charge in [-0.05, 0) is 71.5 Å². The Morgan fingerprint density at radius 3 is 2.54 bits per heavy atom. The Morgan fingerprint density at radius 1 is 1.00 bits per heavy atom. The van der Waals surface area contributed by atoms with Crippen LogP contribution in [0.15, 0.2) is 72.8 Å². The van der Waals surface area contributed by atoms with Crippen LogP contribution in [0.5, 0.6) is 0 Å². The first-order valence-corrected chi connectivity index (χ1v) is 11.4. The fourth-order valence-electron chi connectivity index (χ4n) is 4.33. The van der Waals surface area contributed by atoms with Crippen molar-refractivity contribution in [1.29, 1.82) is 0 Å². The number of hydrogen-bond acceptors (Lipinski definition) is 3. The maximum atomic E-state index is 13.3. The van der Waals surface area contributed by atoms with Gasteiger partial charge in [0.1, 0.15) is 6.61 Å². The van der Waals surface area contributed by atoms with Crippen molar-refractivity contribution in [3.63, 3.8) is 0 Å². The van der Waals surface area contributed by atoms with E-state index in [1.807, 2.05) is 54.6 Å². The molecule has 5 rings (SSSR count). The molecule has 1 aromatic heterocycles. The van der Waals surface area contributed by atoms with E-state index >= 15 is 0 Å². The molecule has 7 heteroatoms. The first-order valence-electron chi connectivity index (χ1n) is 11.0. The maximum Gasteiger partial charge on any atom is 0.416 e. The number of esters is 1. The minimum absolute atomic E-state index is 0.262. The molecule has 4 aromatic rings. The highest BCUT2D eigenvalue weighted by Gasteiger charge is 2.31. The number of allylic oxidation sites excluding steroid dienone is 1. The number of rotatable bonds is 4. The van der Waals surface area contributed by atoms with Crippen LogP contribution >= 0.6 is 11.6 Å². The molecule has 0 saturated heterocycles. The summed E-state index contributed by atoms with van der Waals surface area (Å²) in [5.74, 6) is -0.579. The van der Waals surface area contributed by atoms with Crippen molar-refractivity contribution in [2.45, 2.75) is 25.6 Å². The summed E-state index contributed by atoms with van der Waals surface area (Å²) < 4.78 is 44.6. The van der Waals surface area contributed by atoms with Gasteiger partial charge >= 0.3 is 12.1 Å². The van der Waals surface area contributed by atoms with E-state index in [1.54, 1.807) is 0 Å². The van der Waals surface area contributed by atoms with E-state index in [0.717, 1.165) is 34.5 Å².